The zero-order valence-corrected chi connectivity index (χ0v) is 11.6. The lowest BCUT2D eigenvalue weighted by atomic mass is 10.3. The maximum atomic E-state index is 11.3. The summed E-state index contributed by atoms with van der Waals surface area (Å²) in [5.74, 6) is -0.511. The van der Waals surface area contributed by atoms with Gasteiger partial charge in [-0.25, -0.2) is 0 Å². The van der Waals surface area contributed by atoms with E-state index in [1.54, 1.807) is 0 Å². The van der Waals surface area contributed by atoms with Crippen LogP contribution in [0.5, 0.6) is 0 Å². The van der Waals surface area contributed by atoms with E-state index in [2.05, 4.69) is 41.2 Å². The fourth-order valence-electron chi connectivity index (χ4n) is 0.881. The van der Waals surface area contributed by atoms with Crippen LogP contribution >= 0.6 is 25.3 Å². The zero-order valence-electron chi connectivity index (χ0n) is 9.81. The first-order valence-corrected chi connectivity index (χ1v) is 6.56. The molecule has 7 nitrogen and oxygen atoms in total. The van der Waals surface area contributed by atoms with Crippen LogP contribution in [-0.4, -0.2) is 54.9 Å². The zero-order chi connectivity index (χ0) is 14.0. The number of nitrogens with one attached hydrogen (secondary N) is 3. The van der Waals surface area contributed by atoms with Crippen molar-refractivity contribution in [3.63, 3.8) is 0 Å². The molecule has 0 saturated heterocycles. The Morgan fingerprint density at radius 1 is 1.00 bits per heavy atom. The van der Waals surface area contributed by atoms with Gasteiger partial charge in [0.1, 0.15) is 0 Å². The van der Waals surface area contributed by atoms with E-state index >= 15 is 0 Å². The highest BCUT2D eigenvalue weighted by Crippen LogP contribution is 1.82. The smallest absolute Gasteiger partial charge is 0.239 e. The third kappa shape index (κ3) is 8.20. The molecule has 0 aromatic rings. The van der Waals surface area contributed by atoms with Crippen molar-refractivity contribution in [3.05, 3.63) is 0 Å². The van der Waals surface area contributed by atoms with E-state index in [1.165, 1.54) is 0 Å². The first-order chi connectivity index (χ1) is 8.51. The Labute approximate surface area is 116 Å². The molecule has 0 spiro atoms. The van der Waals surface area contributed by atoms with Gasteiger partial charge in [0, 0.05) is 18.1 Å². The Kier molecular flexibility index (Phi) is 9.52. The minimum absolute atomic E-state index is 0.138. The molecule has 0 saturated carbocycles. The quantitative estimate of drug-likeness (QED) is 0.278. The Balaban J connectivity index is 3.72. The molecule has 0 unspecified atom stereocenters. The van der Waals surface area contributed by atoms with Crippen molar-refractivity contribution in [2.45, 2.75) is 6.04 Å². The summed E-state index contributed by atoms with van der Waals surface area (Å²) in [4.78, 5) is 33.6. The molecule has 0 rings (SSSR count). The van der Waals surface area contributed by atoms with Crippen LogP contribution in [0.3, 0.4) is 0 Å². The number of rotatable bonds is 8. The standard InChI is InChI=1S/C9H18N4O3S2/c10-6(5-18)9(16)13-4-8(15)12-3-7(14)11-1-2-17/h6,17-18H,1-5,10H2,(H,11,14)(H,12,15)(H,13,16)/t6-/m0/s1. The highest BCUT2D eigenvalue weighted by atomic mass is 32.1. The third-order valence-corrected chi connectivity index (χ3v) is 2.45. The van der Waals surface area contributed by atoms with Crippen LogP contribution in [0.25, 0.3) is 0 Å². The van der Waals surface area contributed by atoms with Crippen molar-refractivity contribution in [1.82, 2.24) is 16.0 Å². The summed E-state index contributed by atoms with van der Waals surface area (Å²) in [6, 6.07) is -0.750. The molecule has 5 N–H and O–H groups in total. The molecule has 18 heavy (non-hydrogen) atoms. The fourth-order valence-corrected chi connectivity index (χ4v) is 1.16. The maximum absolute atomic E-state index is 11.3. The number of hydrogen-bond donors (Lipinski definition) is 6. The third-order valence-electron chi connectivity index (χ3n) is 1.84. The Morgan fingerprint density at radius 2 is 1.56 bits per heavy atom. The summed E-state index contributed by atoms with van der Waals surface area (Å²) in [7, 11) is 0. The van der Waals surface area contributed by atoms with Crippen molar-refractivity contribution in [2.24, 2.45) is 5.73 Å². The topological polar surface area (TPSA) is 113 Å². The Morgan fingerprint density at radius 3 is 2.11 bits per heavy atom. The molecule has 0 aromatic heterocycles. The minimum atomic E-state index is -0.750. The van der Waals surface area contributed by atoms with Crippen molar-refractivity contribution in [3.8, 4) is 0 Å². The first-order valence-electron chi connectivity index (χ1n) is 5.29. The summed E-state index contributed by atoms with van der Waals surface area (Å²) < 4.78 is 0. The van der Waals surface area contributed by atoms with Crippen LogP contribution in [0.15, 0.2) is 0 Å². The lowest BCUT2D eigenvalue weighted by Gasteiger charge is -2.10. The number of hydrogen-bond acceptors (Lipinski definition) is 6. The molecule has 0 aromatic carbocycles. The fraction of sp³-hybridized carbons (Fsp3) is 0.667. The molecule has 3 amide bonds. The summed E-state index contributed by atoms with van der Waals surface area (Å²) in [5.41, 5.74) is 5.39. The van der Waals surface area contributed by atoms with E-state index in [9.17, 15) is 14.4 Å². The van der Waals surface area contributed by atoms with E-state index < -0.39 is 17.9 Å². The minimum Gasteiger partial charge on any atom is -0.354 e. The van der Waals surface area contributed by atoms with Crippen LogP contribution in [0.4, 0.5) is 0 Å². The molecule has 9 heteroatoms. The average molecular weight is 294 g/mol. The first kappa shape index (κ1) is 17.1. The van der Waals surface area contributed by atoms with Gasteiger partial charge in [0.15, 0.2) is 0 Å². The van der Waals surface area contributed by atoms with Crippen molar-refractivity contribution < 1.29 is 14.4 Å². The number of nitrogens with two attached hydrogens (primary N) is 1. The van der Waals surface area contributed by atoms with Gasteiger partial charge in [-0.05, 0) is 0 Å². The molecular formula is C9H18N4O3S2. The summed E-state index contributed by atoms with van der Waals surface area (Å²) in [6.07, 6.45) is 0. The Bertz CT molecular complexity index is 302. The normalized spacial score (nSPS) is 11.5. The molecule has 104 valence electrons. The second kappa shape index (κ2) is 10.0. The summed E-state index contributed by atoms with van der Waals surface area (Å²) in [5, 5.41) is 7.22. The highest BCUT2D eigenvalue weighted by molar-refractivity contribution is 7.80. The van der Waals surface area contributed by atoms with E-state index in [0.29, 0.717) is 12.3 Å². The van der Waals surface area contributed by atoms with Crippen LogP contribution in [0.2, 0.25) is 0 Å². The molecule has 1 atom stereocenters. The number of amides is 3. The average Bonchev–Trinajstić information content (AvgIpc) is 2.38. The molecule has 0 radical (unpaired) electrons. The summed E-state index contributed by atoms with van der Waals surface area (Å²) >= 11 is 7.78. The lowest BCUT2D eigenvalue weighted by molar-refractivity contribution is -0.127. The van der Waals surface area contributed by atoms with E-state index in [0.717, 1.165) is 0 Å². The van der Waals surface area contributed by atoms with Gasteiger partial charge in [-0.15, -0.1) is 0 Å². The van der Waals surface area contributed by atoms with Gasteiger partial charge >= 0.3 is 0 Å². The van der Waals surface area contributed by atoms with Crippen LogP contribution in [0, 0.1) is 0 Å². The lowest BCUT2D eigenvalue weighted by Crippen LogP contribution is -2.47. The Hall–Kier alpha value is -0.930. The molecule has 0 aliphatic heterocycles. The van der Waals surface area contributed by atoms with Gasteiger partial charge in [0.2, 0.25) is 17.7 Å². The molecule has 0 fully saturated rings. The van der Waals surface area contributed by atoms with Crippen LogP contribution in [0.1, 0.15) is 0 Å². The maximum Gasteiger partial charge on any atom is 0.239 e. The van der Waals surface area contributed by atoms with Gasteiger partial charge in [0.05, 0.1) is 19.1 Å². The van der Waals surface area contributed by atoms with Gasteiger partial charge in [-0.2, -0.15) is 25.3 Å². The summed E-state index contributed by atoms with van der Waals surface area (Å²) in [6.45, 7) is 0.0760. The SMILES string of the molecule is N[C@@H](CS)C(=O)NCC(=O)NCC(=O)NCCS. The van der Waals surface area contributed by atoms with Crippen molar-refractivity contribution in [1.29, 1.82) is 0 Å². The van der Waals surface area contributed by atoms with E-state index in [4.69, 9.17) is 5.73 Å². The second-order valence-electron chi connectivity index (χ2n) is 3.36. The molecule has 0 bridgehead atoms. The molecule has 0 aliphatic rings. The second-order valence-corrected chi connectivity index (χ2v) is 4.17. The van der Waals surface area contributed by atoms with Gasteiger partial charge in [-0.3, -0.25) is 14.4 Å². The number of thiol groups is 2. The van der Waals surface area contributed by atoms with Crippen molar-refractivity contribution >= 4 is 43.0 Å². The van der Waals surface area contributed by atoms with Crippen LogP contribution in [-0.2, 0) is 14.4 Å². The van der Waals surface area contributed by atoms with Gasteiger partial charge in [-0.1, -0.05) is 0 Å². The largest absolute Gasteiger partial charge is 0.354 e. The van der Waals surface area contributed by atoms with Crippen LogP contribution < -0.4 is 21.7 Å². The molecular weight excluding hydrogens is 276 g/mol. The number of carbonyl (C=O) groups is 3. The monoisotopic (exact) mass is 294 g/mol. The van der Waals surface area contributed by atoms with Gasteiger partial charge in [0.25, 0.3) is 0 Å². The molecule has 0 heterocycles. The van der Waals surface area contributed by atoms with Gasteiger partial charge < -0.3 is 21.7 Å². The predicted octanol–water partition coefficient (Wildman–Crippen LogP) is -2.48. The van der Waals surface area contributed by atoms with E-state index in [1.807, 2.05) is 0 Å². The number of carbonyl (C=O) groups excluding carboxylic acids is 3. The predicted molar refractivity (Wildman–Crippen MR) is 74.7 cm³/mol. The molecule has 0 aliphatic carbocycles. The van der Waals surface area contributed by atoms with E-state index in [-0.39, 0.29) is 24.7 Å². The highest BCUT2D eigenvalue weighted by Gasteiger charge is 2.12. The van der Waals surface area contributed by atoms with Crippen molar-refractivity contribution in [2.75, 3.05) is 31.1 Å².